The Hall–Kier alpha value is 0.770. The number of rotatable bonds is 3. The normalized spacial score (nSPS) is 13.5. The molecule has 5 heteroatoms. The minimum atomic E-state index is -3.11. The Morgan fingerprint density at radius 1 is 1.09 bits per heavy atom. The highest BCUT2D eigenvalue weighted by molar-refractivity contribution is 8.06. The lowest BCUT2D eigenvalue weighted by Crippen LogP contribution is -2.31. The minimum absolute atomic E-state index is 0.107. The van der Waals surface area contributed by atoms with Crippen LogP contribution in [0.4, 0.5) is 0 Å². The predicted octanol–water partition coefficient (Wildman–Crippen LogP) is 3.69. The fourth-order valence-corrected chi connectivity index (χ4v) is 4.30. The van der Waals surface area contributed by atoms with Gasteiger partial charge in [0.1, 0.15) is 0 Å². The van der Waals surface area contributed by atoms with Crippen LogP contribution >= 0.6 is 28.5 Å². The van der Waals surface area contributed by atoms with Gasteiger partial charge >= 0.3 is 6.00 Å². The highest BCUT2D eigenvalue weighted by atomic mass is 35.9. The number of hydrogen-bond acceptors (Lipinski definition) is 1. The molecule has 0 heterocycles. The Bertz CT molecular complexity index is 158. The molecule has 0 aliphatic rings. The summed E-state index contributed by atoms with van der Waals surface area (Å²) < 4.78 is 12.9. The standard InChI is InChI=1S/C6H14Cl2NOP/c1-5(2)9(6(3)4)11(7,8)10/h5-6H,1-4H3. The predicted molar refractivity (Wildman–Crippen MR) is 51.4 cm³/mol. The molecule has 0 bridgehead atoms. The van der Waals surface area contributed by atoms with Crippen molar-refractivity contribution in [2.24, 2.45) is 0 Å². The Labute approximate surface area is 77.9 Å². The van der Waals surface area contributed by atoms with Crippen LogP contribution in [0.5, 0.6) is 0 Å². The van der Waals surface area contributed by atoms with Crippen molar-refractivity contribution >= 4 is 28.5 Å². The molecular formula is C6H14Cl2NOP. The fourth-order valence-electron chi connectivity index (χ4n) is 1.13. The van der Waals surface area contributed by atoms with Crippen LogP contribution in [0.25, 0.3) is 0 Å². The van der Waals surface area contributed by atoms with Crippen molar-refractivity contribution < 1.29 is 4.57 Å². The maximum absolute atomic E-state index is 11.3. The van der Waals surface area contributed by atoms with Gasteiger partial charge in [0, 0.05) is 12.1 Å². The number of halogens is 2. The highest BCUT2D eigenvalue weighted by Gasteiger charge is 2.29. The molecule has 0 saturated heterocycles. The molecule has 0 fully saturated rings. The van der Waals surface area contributed by atoms with Crippen molar-refractivity contribution in [2.75, 3.05) is 0 Å². The van der Waals surface area contributed by atoms with Gasteiger partial charge in [-0.05, 0) is 50.2 Å². The quantitative estimate of drug-likeness (QED) is 0.673. The summed E-state index contributed by atoms with van der Waals surface area (Å²) in [5.74, 6) is -3.11. The first-order valence-corrected chi connectivity index (χ1v) is 7.02. The molecule has 0 aromatic heterocycles. The second kappa shape index (κ2) is 4.13. The molecule has 0 aliphatic carbocycles. The molecule has 0 aromatic carbocycles. The van der Waals surface area contributed by atoms with E-state index in [1.165, 1.54) is 0 Å². The SMILES string of the molecule is CC(C)N(C(C)C)P(=O)(Cl)Cl. The van der Waals surface area contributed by atoms with E-state index in [0.717, 1.165) is 0 Å². The van der Waals surface area contributed by atoms with E-state index in [0.29, 0.717) is 0 Å². The summed E-state index contributed by atoms with van der Waals surface area (Å²) in [6, 6.07) is 0.215. The highest BCUT2D eigenvalue weighted by Crippen LogP contribution is 2.61. The summed E-state index contributed by atoms with van der Waals surface area (Å²) in [5, 5.41) is 0. The van der Waals surface area contributed by atoms with Gasteiger partial charge in [0.2, 0.25) is 0 Å². The Morgan fingerprint density at radius 2 is 1.36 bits per heavy atom. The monoisotopic (exact) mass is 217 g/mol. The summed E-state index contributed by atoms with van der Waals surface area (Å²) in [4.78, 5) is 0. The molecule has 11 heavy (non-hydrogen) atoms. The van der Waals surface area contributed by atoms with E-state index in [4.69, 9.17) is 22.5 Å². The maximum atomic E-state index is 11.3. The summed E-state index contributed by atoms with van der Waals surface area (Å²) in [6.07, 6.45) is 0. The third-order valence-electron chi connectivity index (χ3n) is 1.33. The Kier molecular flexibility index (Phi) is 4.42. The summed E-state index contributed by atoms with van der Waals surface area (Å²) in [6.45, 7) is 7.66. The average molecular weight is 218 g/mol. The molecule has 0 saturated carbocycles. The maximum Gasteiger partial charge on any atom is 0.322 e. The van der Waals surface area contributed by atoms with E-state index in [9.17, 15) is 4.57 Å². The second-order valence-corrected chi connectivity index (χ2v) is 7.60. The van der Waals surface area contributed by atoms with E-state index in [1.54, 1.807) is 4.67 Å². The lowest BCUT2D eigenvalue weighted by Gasteiger charge is -2.30. The topological polar surface area (TPSA) is 20.3 Å². The number of hydrogen-bond donors (Lipinski definition) is 0. The van der Waals surface area contributed by atoms with Gasteiger partial charge in [-0.3, -0.25) is 4.57 Å². The molecular weight excluding hydrogens is 204 g/mol. The van der Waals surface area contributed by atoms with Gasteiger partial charge in [-0.2, -0.15) is 0 Å². The van der Waals surface area contributed by atoms with Gasteiger partial charge in [-0.15, -0.1) is 0 Å². The molecule has 2 nitrogen and oxygen atoms in total. The first-order chi connectivity index (χ1) is 4.76. The lowest BCUT2D eigenvalue weighted by molar-refractivity contribution is 0.312. The molecule has 0 aromatic rings. The van der Waals surface area contributed by atoms with Crippen LogP contribution in [-0.4, -0.2) is 16.8 Å². The van der Waals surface area contributed by atoms with Gasteiger partial charge in [0.05, 0.1) is 0 Å². The Morgan fingerprint density at radius 3 is 1.36 bits per heavy atom. The fraction of sp³-hybridized carbons (Fsp3) is 1.00. The van der Waals surface area contributed by atoms with Gasteiger partial charge in [0.15, 0.2) is 0 Å². The van der Waals surface area contributed by atoms with Crippen molar-refractivity contribution in [3.05, 3.63) is 0 Å². The van der Waals surface area contributed by atoms with Crippen LogP contribution in [0.2, 0.25) is 0 Å². The van der Waals surface area contributed by atoms with Crippen LogP contribution in [0.15, 0.2) is 0 Å². The zero-order valence-electron chi connectivity index (χ0n) is 7.21. The lowest BCUT2D eigenvalue weighted by atomic mass is 10.3. The van der Waals surface area contributed by atoms with E-state index in [-0.39, 0.29) is 12.1 Å². The zero-order chi connectivity index (χ0) is 9.23. The first-order valence-electron chi connectivity index (χ1n) is 3.55. The largest absolute Gasteiger partial charge is 0.322 e. The van der Waals surface area contributed by atoms with Gasteiger partial charge in [-0.25, -0.2) is 4.67 Å². The third-order valence-corrected chi connectivity index (χ3v) is 3.84. The summed E-state index contributed by atoms with van der Waals surface area (Å²) >= 11 is 11.1. The molecule has 0 atom stereocenters. The van der Waals surface area contributed by atoms with Crippen molar-refractivity contribution in [1.29, 1.82) is 0 Å². The molecule has 0 N–H and O–H groups in total. The van der Waals surface area contributed by atoms with Crippen molar-refractivity contribution in [3.8, 4) is 0 Å². The Balaban J connectivity index is 4.49. The molecule has 0 aliphatic heterocycles. The second-order valence-electron chi connectivity index (χ2n) is 3.00. The van der Waals surface area contributed by atoms with E-state index < -0.39 is 6.00 Å². The molecule has 0 unspecified atom stereocenters. The van der Waals surface area contributed by atoms with Crippen molar-refractivity contribution in [1.82, 2.24) is 4.67 Å². The van der Waals surface area contributed by atoms with Crippen molar-refractivity contribution in [3.63, 3.8) is 0 Å². The van der Waals surface area contributed by atoms with Gasteiger partial charge < -0.3 is 0 Å². The molecule has 0 radical (unpaired) electrons. The third kappa shape index (κ3) is 3.80. The molecule has 0 spiro atoms. The van der Waals surface area contributed by atoms with Crippen molar-refractivity contribution in [2.45, 2.75) is 39.8 Å². The van der Waals surface area contributed by atoms with Crippen LogP contribution in [0, 0.1) is 0 Å². The average Bonchev–Trinajstić information content (AvgIpc) is 1.54. The van der Waals surface area contributed by atoms with E-state index >= 15 is 0 Å². The molecule has 68 valence electrons. The van der Waals surface area contributed by atoms with Crippen LogP contribution in [-0.2, 0) is 4.57 Å². The summed E-state index contributed by atoms with van der Waals surface area (Å²) in [5.41, 5.74) is 0. The summed E-state index contributed by atoms with van der Waals surface area (Å²) in [7, 11) is 0. The number of nitrogens with zero attached hydrogens (tertiary/aromatic N) is 1. The molecule has 0 rings (SSSR count). The van der Waals surface area contributed by atoms with E-state index in [1.807, 2.05) is 27.7 Å². The minimum Gasteiger partial charge on any atom is -0.271 e. The zero-order valence-corrected chi connectivity index (χ0v) is 9.62. The first kappa shape index (κ1) is 11.8. The van der Waals surface area contributed by atoms with Crippen LogP contribution in [0.3, 0.4) is 0 Å². The smallest absolute Gasteiger partial charge is 0.271 e. The van der Waals surface area contributed by atoms with Crippen LogP contribution < -0.4 is 0 Å². The van der Waals surface area contributed by atoms with Gasteiger partial charge in [-0.1, -0.05) is 0 Å². The van der Waals surface area contributed by atoms with Crippen LogP contribution in [0.1, 0.15) is 27.7 Å². The van der Waals surface area contributed by atoms with E-state index in [2.05, 4.69) is 0 Å². The molecule has 0 amide bonds. The van der Waals surface area contributed by atoms with Gasteiger partial charge in [0.25, 0.3) is 0 Å².